The van der Waals surface area contributed by atoms with Gasteiger partial charge in [-0.25, -0.2) is 0 Å². The van der Waals surface area contributed by atoms with Crippen LogP contribution in [0.5, 0.6) is 0 Å². The Balaban J connectivity index is 2.55. The van der Waals surface area contributed by atoms with E-state index in [1.807, 2.05) is 13.8 Å². The third-order valence-corrected chi connectivity index (χ3v) is 2.94. The lowest BCUT2D eigenvalue weighted by atomic mass is 10.1. The lowest BCUT2D eigenvalue weighted by Crippen LogP contribution is -2.31. The van der Waals surface area contributed by atoms with Crippen LogP contribution >= 0.6 is 11.6 Å². The lowest BCUT2D eigenvalue weighted by Gasteiger charge is -2.12. The Hall–Kier alpha value is -1.43. The molecular formula is C14H18ClF3N2O. The Labute approximate surface area is 126 Å². The molecule has 1 rings (SSSR count). The maximum atomic E-state index is 12.6. The zero-order valence-corrected chi connectivity index (χ0v) is 12.6. The first-order chi connectivity index (χ1) is 9.68. The predicted octanol–water partition coefficient (Wildman–Crippen LogP) is 3.93. The summed E-state index contributed by atoms with van der Waals surface area (Å²) in [5.74, 6) is 0.199. The number of anilines is 1. The smallest absolute Gasteiger partial charge is 0.376 e. The number of carbonyl (C=O) groups is 1. The number of carbonyl (C=O) groups excluding carboxylic acids is 1. The van der Waals surface area contributed by atoms with Crippen LogP contribution in [0.4, 0.5) is 18.9 Å². The van der Waals surface area contributed by atoms with E-state index in [0.717, 1.165) is 18.6 Å². The van der Waals surface area contributed by atoms with Gasteiger partial charge < -0.3 is 10.6 Å². The van der Waals surface area contributed by atoms with E-state index >= 15 is 0 Å². The fourth-order valence-electron chi connectivity index (χ4n) is 1.60. The van der Waals surface area contributed by atoms with E-state index in [0.29, 0.717) is 12.5 Å². The van der Waals surface area contributed by atoms with Gasteiger partial charge >= 0.3 is 6.18 Å². The molecule has 7 heteroatoms. The van der Waals surface area contributed by atoms with Gasteiger partial charge in [0.05, 0.1) is 12.1 Å². The van der Waals surface area contributed by atoms with E-state index in [2.05, 4.69) is 10.6 Å². The molecule has 0 aliphatic heterocycles. The molecule has 1 amide bonds. The van der Waals surface area contributed by atoms with Crippen molar-refractivity contribution in [2.24, 2.45) is 5.92 Å². The van der Waals surface area contributed by atoms with Crippen LogP contribution in [-0.4, -0.2) is 19.0 Å². The van der Waals surface area contributed by atoms with Gasteiger partial charge in [0.2, 0.25) is 5.91 Å². The molecule has 0 atom stereocenters. The van der Waals surface area contributed by atoms with Gasteiger partial charge in [-0.1, -0.05) is 25.4 Å². The van der Waals surface area contributed by atoms with E-state index < -0.39 is 11.7 Å². The molecule has 0 saturated heterocycles. The topological polar surface area (TPSA) is 41.1 Å². The molecule has 1 aromatic rings. The summed E-state index contributed by atoms with van der Waals surface area (Å²) in [6.07, 6.45) is -3.62. The second-order valence-corrected chi connectivity index (χ2v) is 5.55. The highest BCUT2D eigenvalue weighted by molar-refractivity contribution is 6.30. The maximum Gasteiger partial charge on any atom is 0.416 e. The third-order valence-electron chi connectivity index (χ3n) is 2.72. The number of benzene rings is 1. The Bertz CT molecular complexity index is 490. The molecule has 0 radical (unpaired) electrons. The highest BCUT2D eigenvalue weighted by Crippen LogP contribution is 2.33. The van der Waals surface area contributed by atoms with Gasteiger partial charge in [-0.05, 0) is 30.5 Å². The molecule has 0 aliphatic rings. The summed E-state index contributed by atoms with van der Waals surface area (Å²) in [6, 6.07) is 3.11. The lowest BCUT2D eigenvalue weighted by molar-refractivity contribution is -0.137. The SMILES string of the molecule is CC(C)CCNC(=O)CNc1cc(Cl)cc(C(F)(F)F)c1. The summed E-state index contributed by atoms with van der Waals surface area (Å²) in [5.41, 5.74) is -0.688. The van der Waals surface area contributed by atoms with Crippen LogP contribution in [0.2, 0.25) is 5.02 Å². The van der Waals surface area contributed by atoms with E-state index in [-0.39, 0.29) is 23.2 Å². The molecule has 0 bridgehead atoms. The standard InChI is InChI=1S/C14H18ClF3N2O/c1-9(2)3-4-19-13(21)8-20-12-6-10(14(16,17)18)5-11(15)7-12/h5-7,9,20H,3-4,8H2,1-2H3,(H,19,21). The molecule has 0 aliphatic carbocycles. The van der Waals surface area contributed by atoms with Crippen molar-refractivity contribution in [2.75, 3.05) is 18.4 Å². The van der Waals surface area contributed by atoms with Crippen molar-refractivity contribution >= 4 is 23.2 Å². The molecule has 2 N–H and O–H groups in total. The minimum atomic E-state index is -4.47. The summed E-state index contributed by atoms with van der Waals surface area (Å²) in [4.78, 5) is 11.5. The molecule has 0 spiro atoms. The van der Waals surface area contributed by atoms with E-state index in [1.54, 1.807) is 0 Å². The van der Waals surface area contributed by atoms with Crippen LogP contribution in [0.3, 0.4) is 0 Å². The molecule has 0 heterocycles. The Morgan fingerprint density at radius 2 is 1.95 bits per heavy atom. The van der Waals surface area contributed by atoms with E-state index in [9.17, 15) is 18.0 Å². The first-order valence-corrected chi connectivity index (χ1v) is 6.94. The highest BCUT2D eigenvalue weighted by Gasteiger charge is 2.31. The van der Waals surface area contributed by atoms with Gasteiger partial charge in [-0.2, -0.15) is 13.2 Å². The van der Waals surface area contributed by atoms with Crippen molar-refractivity contribution in [1.29, 1.82) is 0 Å². The van der Waals surface area contributed by atoms with Crippen LogP contribution in [0.1, 0.15) is 25.8 Å². The van der Waals surface area contributed by atoms with Gasteiger partial charge in [0.15, 0.2) is 0 Å². The Morgan fingerprint density at radius 1 is 1.29 bits per heavy atom. The van der Waals surface area contributed by atoms with Gasteiger partial charge in [0.25, 0.3) is 0 Å². The van der Waals surface area contributed by atoms with Crippen molar-refractivity contribution in [1.82, 2.24) is 5.32 Å². The minimum absolute atomic E-state index is 0.0347. The first-order valence-electron chi connectivity index (χ1n) is 6.57. The van der Waals surface area contributed by atoms with Crippen LogP contribution < -0.4 is 10.6 Å². The molecule has 3 nitrogen and oxygen atoms in total. The van der Waals surface area contributed by atoms with Crippen molar-refractivity contribution in [2.45, 2.75) is 26.4 Å². The quantitative estimate of drug-likeness (QED) is 0.833. The molecule has 21 heavy (non-hydrogen) atoms. The molecule has 0 fully saturated rings. The van der Waals surface area contributed by atoms with Gasteiger partial charge in [-0.15, -0.1) is 0 Å². The highest BCUT2D eigenvalue weighted by atomic mass is 35.5. The molecule has 118 valence electrons. The fourth-order valence-corrected chi connectivity index (χ4v) is 1.84. The summed E-state index contributed by atoms with van der Waals surface area (Å²) in [6.45, 7) is 4.52. The predicted molar refractivity (Wildman–Crippen MR) is 77.4 cm³/mol. The number of rotatable bonds is 6. The number of halogens is 4. The fraction of sp³-hybridized carbons (Fsp3) is 0.500. The Kier molecular flexibility index (Phi) is 6.33. The number of hydrogen-bond donors (Lipinski definition) is 2. The Morgan fingerprint density at radius 3 is 2.52 bits per heavy atom. The van der Waals surface area contributed by atoms with Crippen LogP contribution in [-0.2, 0) is 11.0 Å². The second kappa shape index (κ2) is 7.54. The summed E-state index contributed by atoms with van der Waals surface area (Å²) >= 11 is 5.65. The maximum absolute atomic E-state index is 12.6. The number of nitrogens with one attached hydrogen (secondary N) is 2. The number of hydrogen-bond acceptors (Lipinski definition) is 2. The number of alkyl halides is 3. The van der Waals surface area contributed by atoms with Crippen molar-refractivity contribution in [3.8, 4) is 0 Å². The van der Waals surface area contributed by atoms with Crippen LogP contribution in [0.25, 0.3) is 0 Å². The largest absolute Gasteiger partial charge is 0.416 e. The van der Waals surface area contributed by atoms with Gasteiger partial charge in [0.1, 0.15) is 0 Å². The van der Waals surface area contributed by atoms with Crippen molar-refractivity contribution < 1.29 is 18.0 Å². The van der Waals surface area contributed by atoms with Crippen molar-refractivity contribution in [3.05, 3.63) is 28.8 Å². The summed E-state index contributed by atoms with van der Waals surface area (Å²) in [7, 11) is 0. The van der Waals surface area contributed by atoms with Gasteiger partial charge in [0, 0.05) is 17.3 Å². The summed E-state index contributed by atoms with van der Waals surface area (Å²) in [5, 5.41) is 5.29. The average Bonchev–Trinajstić information content (AvgIpc) is 2.34. The monoisotopic (exact) mass is 322 g/mol. The molecule has 0 unspecified atom stereocenters. The van der Waals surface area contributed by atoms with Crippen LogP contribution in [0, 0.1) is 5.92 Å². The average molecular weight is 323 g/mol. The zero-order valence-electron chi connectivity index (χ0n) is 11.9. The molecular weight excluding hydrogens is 305 g/mol. The van der Waals surface area contributed by atoms with E-state index in [1.165, 1.54) is 6.07 Å². The minimum Gasteiger partial charge on any atom is -0.376 e. The number of amides is 1. The van der Waals surface area contributed by atoms with E-state index in [4.69, 9.17) is 11.6 Å². The normalized spacial score (nSPS) is 11.6. The first kappa shape index (κ1) is 17.6. The van der Waals surface area contributed by atoms with Crippen molar-refractivity contribution in [3.63, 3.8) is 0 Å². The van der Waals surface area contributed by atoms with Crippen LogP contribution in [0.15, 0.2) is 18.2 Å². The molecule has 0 saturated carbocycles. The molecule has 0 aromatic heterocycles. The van der Waals surface area contributed by atoms with Gasteiger partial charge in [-0.3, -0.25) is 4.79 Å². The zero-order chi connectivity index (χ0) is 16.0. The third kappa shape index (κ3) is 6.71. The molecule has 1 aromatic carbocycles. The second-order valence-electron chi connectivity index (χ2n) is 5.11. The summed E-state index contributed by atoms with van der Waals surface area (Å²) < 4.78 is 37.9.